The summed E-state index contributed by atoms with van der Waals surface area (Å²) >= 11 is 0. The molecule has 0 atom stereocenters. The summed E-state index contributed by atoms with van der Waals surface area (Å²) in [5.41, 5.74) is 3.98. The van der Waals surface area contributed by atoms with Gasteiger partial charge in [0.1, 0.15) is 0 Å². The summed E-state index contributed by atoms with van der Waals surface area (Å²) in [6.07, 6.45) is 9.92. The molecule has 4 heteroatoms. The zero-order chi connectivity index (χ0) is 15.2. The van der Waals surface area contributed by atoms with Gasteiger partial charge in [0.25, 0.3) is 0 Å². The highest BCUT2D eigenvalue weighted by molar-refractivity contribution is 5.85. The Labute approximate surface area is 146 Å². The van der Waals surface area contributed by atoms with E-state index < -0.39 is 0 Å². The van der Waals surface area contributed by atoms with E-state index in [4.69, 9.17) is 0 Å². The second kappa shape index (κ2) is 9.29. The molecule has 1 fully saturated rings. The summed E-state index contributed by atoms with van der Waals surface area (Å²) in [6.45, 7) is 2.59. The number of halogens is 1. The van der Waals surface area contributed by atoms with Crippen molar-refractivity contribution in [2.75, 3.05) is 0 Å². The average Bonchev–Trinajstić information content (AvgIpc) is 3.01. The lowest BCUT2D eigenvalue weighted by molar-refractivity contribution is -0.121. The molecule has 0 bridgehead atoms. The highest BCUT2D eigenvalue weighted by Gasteiger charge is 2.14. The predicted octanol–water partition coefficient (Wildman–Crippen LogP) is 4.08. The zero-order valence-corrected chi connectivity index (χ0v) is 14.7. The summed E-state index contributed by atoms with van der Waals surface area (Å²) in [4.78, 5) is 12.0. The molecule has 0 spiro atoms. The maximum Gasteiger partial charge on any atom is 0.220 e. The van der Waals surface area contributed by atoms with Crippen LogP contribution in [-0.4, -0.2) is 5.91 Å². The Bertz CT molecular complexity index is 512. The number of rotatable bonds is 6. The first-order valence-electron chi connectivity index (χ1n) is 8.89. The SMILES string of the molecule is Cl.O=C(CCCC1CCCCC1)NCc1ccc2c(c1)CNC2. The van der Waals surface area contributed by atoms with Crippen molar-refractivity contribution in [3.8, 4) is 0 Å². The summed E-state index contributed by atoms with van der Waals surface area (Å²) < 4.78 is 0. The van der Waals surface area contributed by atoms with Gasteiger partial charge in [0, 0.05) is 26.1 Å². The van der Waals surface area contributed by atoms with Crippen LogP contribution in [0.3, 0.4) is 0 Å². The molecule has 2 aliphatic rings. The topological polar surface area (TPSA) is 41.1 Å². The minimum absolute atomic E-state index is 0. The molecule has 1 aliphatic heterocycles. The third kappa shape index (κ3) is 5.50. The fraction of sp³-hybridized carbons (Fsp3) is 0.632. The van der Waals surface area contributed by atoms with Gasteiger partial charge in [0.2, 0.25) is 5.91 Å². The monoisotopic (exact) mass is 336 g/mol. The Hall–Kier alpha value is -1.06. The van der Waals surface area contributed by atoms with Gasteiger partial charge in [-0.1, -0.05) is 50.3 Å². The summed E-state index contributed by atoms with van der Waals surface area (Å²) in [5, 5.41) is 6.42. The molecule has 0 radical (unpaired) electrons. The van der Waals surface area contributed by atoms with Gasteiger partial charge in [0.15, 0.2) is 0 Å². The van der Waals surface area contributed by atoms with Crippen LogP contribution < -0.4 is 10.6 Å². The first kappa shape index (κ1) is 18.3. The van der Waals surface area contributed by atoms with Crippen LogP contribution in [0.2, 0.25) is 0 Å². The van der Waals surface area contributed by atoms with Crippen molar-refractivity contribution in [1.82, 2.24) is 10.6 Å². The molecule has 3 nitrogen and oxygen atoms in total. The molecule has 23 heavy (non-hydrogen) atoms. The van der Waals surface area contributed by atoms with Gasteiger partial charge >= 0.3 is 0 Å². The largest absolute Gasteiger partial charge is 0.352 e. The Morgan fingerprint density at radius 3 is 2.74 bits per heavy atom. The number of hydrogen-bond donors (Lipinski definition) is 2. The zero-order valence-electron chi connectivity index (χ0n) is 13.9. The van der Waals surface area contributed by atoms with E-state index in [0.717, 1.165) is 25.4 Å². The first-order valence-corrected chi connectivity index (χ1v) is 8.89. The number of carbonyl (C=O) groups excluding carboxylic acids is 1. The fourth-order valence-electron chi connectivity index (χ4n) is 3.77. The highest BCUT2D eigenvalue weighted by atomic mass is 35.5. The number of benzene rings is 1. The van der Waals surface area contributed by atoms with E-state index >= 15 is 0 Å². The van der Waals surface area contributed by atoms with Crippen LogP contribution in [0.25, 0.3) is 0 Å². The molecule has 128 valence electrons. The maximum atomic E-state index is 12.0. The Balaban J connectivity index is 0.00000192. The van der Waals surface area contributed by atoms with Gasteiger partial charge in [-0.25, -0.2) is 0 Å². The van der Waals surface area contributed by atoms with Crippen molar-refractivity contribution in [2.45, 2.75) is 71.0 Å². The first-order chi connectivity index (χ1) is 10.8. The third-order valence-electron chi connectivity index (χ3n) is 5.13. The molecule has 1 aliphatic carbocycles. The smallest absolute Gasteiger partial charge is 0.220 e. The summed E-state index contributed by atoms with van der Waals surface area (Å²) in [7, 11) is 0. The normalized spacial score (nSPS) is 17.4. The lowest BCUT2D eigenvalue weighted by Crippen LogP contribution is -2.22. The molecule has 1 amide bonds. The standard InChI is InChI=1S/C19H28N2O.ClH/c22-19(8-4-7-15-5-2-1-3-6-15)21-12-16-9-10-17-13-20-14-18(17)11-16;/h9-11,15,20H,1-8,12-14H2,(H,21,22);1H. The molecule has 1 heterocycles. The number of carbonyl (C=O) groups is 1. The summed E-state index contributed by atoms with van der Waals surface area (Å²) in [5.74, 6) is 1.08. The van der Waals surface area contributed by atoms with E-state index in [-0.39, 0.29) is 18.3 Å². The van der Waals surface area contributed by atoms with Crippen molar-refractivity contribution in [2.24, 2.45) is 5.92 Å². The highest BCUT2D eigenvalue weighted by Crippen LogP contribution is 2.27. The molecular formula is C19H29ClN2O. The average molecular weight is 337 g/mol. The molecule has 0 unspecified atom stereocenters. The molecule has 2 N–H and O–H groups in total. The van der Waals surface area contributed by atoms with E-state index in [2.05, 4.69) is 28.8 Å². The second-order valence-electron chi connectivity index (χ2n) is 6.88. The molecule has 3 rings (SSSR count). The van der Waals surface area contributed by atoms with Crippen molar-refractivity contribution in [3.63, 3.8) is 0 Å². The minimum Gasteiger partial charge on any atom is -0.352 e. The lowest BCUT2D eigenvalue weighted by atomic mass is 9.86. The van der Waals surface area contributed by atoms with Crippen LogP contribution in [0.5, 0.6) is 0 Å². The maximum absolute atomic E-state index is 12.0. The van der Waals surface area contributed by atoms with Crippen molar-refractivity contribution in [3.05, 3.63) is 34.9 Å². The Kier molecular flexibility index (Phi) is 7.38. The third-order valence-corrected chi connectivity index (χ3v) is 5.13. The van der Waals surface area contributed by atoms with E-state index in [9.17, 15) is 4.79 Å². The quantitative estimate of drug-likeness (QED) is 0.821. The van der Waals surface area contributed by atoms with Crippen LogP contribution in [0.4, 0.5) is 0 Å². The fourth-order valence-corrected chi connectivity index (χ4v) is 3.77. The van der Waals surface area contributed by atoms with Crippen molar-refractivity contribution >= 4 is 18.3 Å². The lowest BCUT2D eigenvalue weighted by Gasteiger charge is -2.21. The Morgan fingerprint density at radius 1 is 1.13 bits per heavy atom. The van der Waals surface area contributed by atoms with Gasteiger partial charge in [-0.3, -0.25) is 4.79 Å². The van der Waals surface area contributed by atoms with E-state index in [1.807, 2.05) is 0 Å². The predicted molar refractivity (Wildman–Crippen MR) is 96.5 cm³/mol. The molecule has 0 saturated heterocycles. The van der Waals surface area contributed by atoms with Gasteiger partial charge in [0.05, 0.1) is 0 Å². The molecule has 0 aromatic heterocycles. The van der Waals surface area contributed by atoms with Gasteiger partial charge in [-0.15, -0.1) is 12.4 Å². The molecule has 1 saturated carbocycles. The van der Waals surface area contributed by atoms with E-state index in [0.29, 0.717) is 13.0 Å². The van der Waals surface area contributed by atoms with Gasteiger partial charge in [-0.05, 0) is 35.4 Å². The molecule has 1 aromatic rings. The van der Waals surface area contributed by atoms with Crippen LogP contribution in [0.1, 0.15) is 68.1 Å². The van der Waals surface area contributed by atoms with Crippen LogP contribution in [0.15, 0.2) is 18.2 Å². The Morgan fingerprint density at radius 2 is 1.91 bits per heavy atom. The van der Waals surface area contributed by atoms with Gasteiger partial charge in [-0.2, -0.15) is 0 Å². The minimum atomic E-state index is 0. The summed E-state index contributed by atoms with van der Waals surface area (Å²) in [6, 6.07) is 6.53. The number of nitrogens with one attached hydrogen (secondary N) is 2. The second-order valence-corrected chi connectivity index (χ2v) is 6.88. The molecule has 1 aromatic carbocycles. The van der Waals surface area contributed by atoms with Crippen molar-refractivity contribution in [1.29, 1.82) is 0 Å². The molecular weight excluding hydrogens is 308 g/mol. The number of amides is 1. The van der Waals surface area contributed by atoms with Crippen LogP contribution in [-0.2, 0) is 24.4 Å². The van der Waals surface area contributed by atoms with Crippen LogP contribution >= 0.6 is 12.4 Å². The number of fused-ring (bicyclic) bond motifs is 1. The van der Waals surface area contributed by atoms with E-state index in [1.54, 1.807) is 0 Å². The van der Waals surface area contributed by atoms with Crippen molar-refractivity contribution < 1.29 is 4.79 Å². The van der Waals surface area contributed by atoms with Crippen LogP contribution in [0, 0.1) is 5.92 Å². The van der Waals surface area contributed by atoms with E-state index in [1.165, 1.54) is 55.2 Å². The van der Waals surface area contributed by atoms with Gasteiger partial charge < -0.3 is 10.6 Å². The number of hydrogen-bond acceptors (Lipinski definition) is 2.